The number of rotatable bonds is 5. The molecular formula is C17H20FNO2. The van der Waals surface area contributed by atoms with Gasteiger partial charge in [0.2, 0.25) is 0 Å². The van der Waals surface area contributed by atoms with Crippen LogP contribution in [0, 0.1) is 19.7 Å². The molecule has 2 N–H and O–H groups in total. The Morgan fingerprint density at radius 3 is 2.62 bits per heavy atom. The minimum absolute atomic E-state index is 0.265. The maximum atomic E-state index is 13.1. The number of aliphatic hydroxyl groups excluding tert-OH is 1. The molecule has 21 heavy (non-hydrogen) atoms. The van der Waals surface area contributed by atoms with Gasteiger partial charge in [-0.15, -0.1) is 0 Å². The number of ether oxygens (including phenoxy) is 1. The fourth-order valence-electron chi connectivity index (χ4n) is 2.26. The highest BCUT2D eigenvalue weighted by molar-refractivity contribution is 5.51. The lowest BCUT2D eigenvalue weighted by atomic mass is 10.0. The average molecular weight is 289 g/mol. The summed E-state index contributed by atoms with van der Waals surface area (Å²) in [4.78, 5) is 0. The van der Waals surface area contributed by atoms with Crippen LogP contribution in [0.5, 0.6) is 5.75 Å². The molecule has 2 aromatic rings. The largest absolute Gasteiger partial charge is 0.496 e. The monoisotopic (exact) mass is 289 g/mol. The third-order valence-corrected chi connectivity index (χ3v) is 3.42. The van der Waals surface area contributed by atoms with Gasteiger partial charge >= 0.3 is 0 Å². The molecule has 1 atom stereocenters. The molecule has 0 amide bonds. The van der Waals surface area contributed by atoms with Crippen molar-refractivity contribution in [2.75, 3.05) is 19.0 Å². The first kappa shape index (κ1) is 15.3. The highest BCUT2D eigenvalue weighted by atomic mass is 19.1. The van der Waals surface area contributed by atoms with E-state index in [0.717, 1.165) is 22.4 Å². The van der Waals surface area contributed by atoms with Crippen LogP contribution in [0.1, 0.15) is 22.8 Å². The molecule has 0 aliphatic carbocycles. The maximum Gasteiger partial charge on any atom is 0.124 e. The second-order valence-electron chi connectivity index (χ2n) is 5.10. The van der Waals surface area contributed by atoms with Gasteiger partial charge in [-0.1, -0.05) is 11.6 Å². The molecule has 4 heteroatoms. The van der Waals surface area contributed by atoms with Crippen molar-refractivity contribution in [3.63, 3.8) is 0 Å². The fraction of sp³-hybridized carbons (Fsp3) is 0.294. The average Bonchev–Trinajstić information content (AvgIpc) is 2.46. The number of methoxy groups -OCH3 is 1. The van der Waals surface area contributed by atoms with E-state index >= 15 is 0 Å². The van der Waals surface area contributed by atoms with Gasteiger partial charge in [-0.25, -0.2) is 4.39 Å². The molecule has 112 valence electrons. The number of benzene rings is 2. The normalized spacial score (nSPS) is 12.0. The smallest absolute Gasteiger partial charge is 0.124 e. The predicted molar refractivity (Wildman–Crippen MR) is 82.3 cm³/mol. The molecule has 2 aromatic carbocycles. The Balaban J connectivity index is 2.11. The minimum Gasteiger partial charge on any atom is -0.496 e. The summed E-state index contributed by atoms with van der Waals surface area (Å²) in [5.41, 5.74) is 3.41. The summed E-state index contributed by atoms with van der Waals surface area (Å²) in [7, 11) is 1.58. The van der Waals surface area contributed by atoms with Gasteiger partial charge in [0.15, 0.2) is 0 Å². The van der Waals surface area contributed by atoms with Gasteiger partial charge in [-0.2, -0.15) is 0 Å². The first-order valence-electron chi connectivity index (χ1n) is 6.84. The standard InChI is InChI=1S/C17H20FNO2/c1-11-4-7-17(21-3)14(8-11)16(20)10-19-15-6-5-13(18)9-12(15)2/h4-9,16,19-20H,10H2,1-3H3. The Hall–Kier alpha value is -2.07. The van der Waals surface area contributed by atoms with E-state index < -0.39 is 6.10 Å². The van der Waals surface area contributed by atoms with E-state index in [4.69, 9.17) is 4.74 Å². The van der Waals surface area contributed by atoms with Crippen LogP contribution in [0.2, 0.25) is 0 Å². The van der Waals surface area contributed by atoms with E-state index in [9.17, 15) is 9.50 Å². The summed E-state index contributed by atoms with van der Waals surface area (Å²) in [5.74, 6) is 0.393. The van der Waals surface area contributed by atoms with Crippen molar-refractivity contribution in [1.29, 1.82) is 0 Å². The van der Waals surface area contributed by atoms with Crippen molar-refractivity contribution in [2.24, 2.45) is 0 Å². The van der Waals surface area contributed by atoms with Gasteiger partial charge in [0.1, 0.15) is 11.6 Å². The van der Waals surface area contributed by atoms with Crippen molar-refractivity contribution in [1.82, 2.24) is 0 Å². The van der Waals surface area contributed by atoms with Crippen LogP contribution in [0.4, 0.5) is 10.1 Å². The lowest BCUT2D eigenvalue weighted by Crippen LogP contribution is -2.14. The van der Waals surface area contributed by atoms with E-state index in [0.29, 0.717) is 12.3 Å². The summed E-state index contributed by atoms with van der Waals surface area (Å²) < 4.78 is 18.3. The Morgan fingerprint density at radius 2 is 1.95 bits per heavy atom. The zero-order valence-electron chi connectivity index (χ0n) is 12.5. The molecule has 1 unspecified atom stereocenters. The zero-order valence-corrected chi connectivity index (χ0v) is 12.5. The SMILES string of the molecule is COc1ccc(C)cc1C(O)CNc1ccc(F)cc1C. The van der Waals surface area contributed by atoms with Gasteiger partial charge in [0.25, 0.3) is 0 Å². The third kappa shape index (κ3) is 3.73. The highest BCUT2D eigenvalue weighted by Crippen LogP contribution is 2.27. The third-order valence-electron chi connectivity index (χ3n) is 3.42. The van der Waals surface area contributed by atoms with Crippen LogP contribution in [-0.4, -0.2) is 18.8 Å². The minimum atomic E-state index is -0.704. The van der Waals surface area contributed by atoms with Gasteiger partial charge < -0.3 is 15.2 Å². The molecule has 0 radical (unpaired) electrons. The van der Waals surface area contributed by atoms with Crippen LogP contribution < -0.4 is 10.1 Å². The van der Waals surface area contributed by atoms with Gasteiger partial charge in [-0.3, -0.25) is 0 Å². The van der Waals surface area contributed by atoms with E-state index in [1.165, 1.54) is 12.1 Å². The number of halogens is 1. The summed E-state index contributed by atoms with van der Waals surface area (Å²) in [6, 6.07) is 10.2. The number of aliphatic hydroxyl groups is 1. The van der Waals surface area contributed by atoms with E-state index in [1.807, 2.05) is 32.0 Å². The van der Waals surface area contributed by atoms with Gasteiger partial charge in [0.05, 0.1) is 13.2 Å². The van der Waals surface area contributed by atoms with Crippen molar-refractivity contribution >= 4 is 5.69 Å². The quantitative estimate of drug-likeness (QED) is 0.883. The molecule has 2 rings (SSSR count). The van der Waals surface area contributed by atoms with Crippen molar-refractivity contribution < 1.29 is 14.2 Å². The highest BCUT2D eigenvalue weighted by Gasteiger charge is 2.13. The van der Waals surface area contributed by atoms with E-state index in [-0.39, 0.29) is 5.82 Å². The molecule has 3 nitrogen and oxygen atoms in total. The Bertz CT molecular complexity index is 628. The number of anilines is 1. The van der Waals surface area contributed by atoms with Crippen LogP contribution in [0.3, 0.4) is 0 Å². The molecule has 0 fully saturated rings. The summed E-state index contributed by atoms with van der Waals surface area (Å²) in [6.07, 6.45) is -0.704. The summed E-state index contributed by atoms with van der Waals surface area (Å²) >= 11 is 0. The van der Waals surface area contributed by atoms with Crippen LogP contribution >= 0.6 is 0 Å². The molecule has 0 saturated heterocycles. The van der Waals surface area contributed by atoms with E-state index in [1.54, 1.807) is 13.2 Å². The second-order valence-corrected chi connectivity index (χ2v) is 5.10. The number of aryl methyl sites for hydroxylation is 2. The van der Waals surface area contributed by atoms with Gasteiger partial charge in [0, 0.05) is 17.8 Å². The van der Waals surface area contributed by atoms with Crippen LogP contribution in [0.25, 0.3) is 0 Å². The first-order valence-corrected chi connectivity index (χ1v) is 6.84. The Labute approximate surface area is 124 Å². The molecule has 0 aliphatic rings. The van der Waals surface area contributed by atoms with Crippen molar-refractivity contribution in [2.45, 2.75) is 20.0 Å². The maximum absolute atomic E-state index is 13.1. The molecule has 0 heterocycles. The molecule has 0 bridgehead atoms. The molecule has 0 saturated carbocycles. The second kappa shape index (κ2) is 6.59. The number of hydrogen-bond donors (Lipinski definition) is 2. The Morgan fingerprint density at radius 1 is 1.19 bits per heavy atom. The molecule has 0 spiro atoms. The van der Waals surface area contributed by atoms with Crippen LogP contribution in [0.15, 0.2) is 36.4 Å². The van der Waals surface area contributed by atoms with Gasteiger partial charge in [-0.05, 0) is 49.7 Å². The first-order chi connectivity index (χ1) is 10.0. The topological polar surface area (TPSA) is 41.5 Å². The predicted octanol–water partition coefficient (Wildman–Crippen LogP) is 3.60. The lowest BCUT2D eigenvalue weighted by molar-refractivity contribution is 0.187. The van der Waals surface area contributed by atoms with Crippen LogP contribution in [-0.2, 0) is 0 Å². The molecule has 0 aromatic heterocycles. The van der Waals surface area contributed by atoms with E-state index in [2.05, 4.69) is 5.32 Å². The van der Waals surface area contributed by atoms with Crippen molar-refractivity contribution in [3.8, 4) is 5.75 Å². The zero-order chi connectivity index (χ0) is 15.4. The summed E-state index contributed by atoms with van der Waals surface area (Å²) in [6.45, 7) is 4.12. The number of hydrogen-bond acceptors (Lipinski definition) is 3. The Kier molecular flexibility index (Phi) is 4.81. The molecular weight excluding hydrogens is 269 g/mol. The summed E-state index contributed by atoms with van der Waals surface area (Å²) in [5, 5.41) is 13.5. The van der Waals surface area contributed by atoms with Crippen molar-refractivity contribution in [3.05, 3.63) is 58.9 Å². The molecule has 0 aliphatic heterocycles. The number of nitrogens with one attached hydrogen (secondary N) is 1. The fourth-order valence-corrected chi connectivity index (χ4v) is 2.26. The lowest BCUT2D eigenvalue weighted by Gasteiger charge is -2.17.